The van der Waals surface area contributed by atoms with E-state index in [1.165, 1.54) is 0 Å². The van der Waals surface area contributed by atoms with Crippen LogP contribution in [0.15, 0.2) is 4.42 Å². The number of carbonyl (C=O) groups is 1. The molecular weight excluding hydrogens is 282 g/mol. The maximum atomic E-state index is 12.4. The van der Waals surface area contributed by atoms with E-state index in [1.807, 2.05) is 18.5 Å². The average molecular weight is 303 g/mol. The number of hydrogen-bond donors (Lipinski definition) is 1. The first kappa shape index (κ1) is 14.7. The number of nitrogens with one attached hydrogen (secondary N) is 1. The first-order valence-electron chi connectivity index (χ1n) is 7.83. The Morgan fingerprint density at radius 1 is 1.36 bits per heavy atom. The summed E-state index contributed by atoms with van der Waals surface area (Å²) in [5.74, 6) is 2.31. The van der Waals surface area contributed by atoms with Gasteiger partial charge in [-0.2, -0.15) is 5.10 Å². The zero-order valence-corrected chi connectivity index (χ0v) is 13.2. The highest BCUT2D eigenvalue weighted by Crippen LogP contribution is 2.24. The number of rotatable bonds is 4. The number of amides is 1. The molecule has 0 saturated carbocycles. The lowest BCUT2D eigenvalue weighted by Crippen LogP contribution is -2.33. The molecule has 1 unspecified atom stereocenters. The lowest BCUT2D eigenvalue weighted by molar-refractivity contribution is 0.0896. The number of nitrogens with zero attached hydrogens (tertiary/aromatic N) is 4. The van der Waals surface area contributed by atoms with Crippen LogP contribution in [-0.4, -0.2) is 25.7 Å². The van der Waals surface area contributed by atoms with Crippen molar-refractivity contribution in [2.24, 2.45) is 0 Å². The molecule has 3 heterocycles. The molecule has 0 saturated heterocycles. The zero-order valence-electron chi connectivity index (χ0n) is 13.2. The molecule has 0 aromatic carbocycles. The Bertz CT molecular complexity index is 688. The molecule has 0 radical (unpaired) electrons. The largest absolute Gasteiger partial charge is 0.435 e. The van der Waals surface area contributed by atoms with Gasteiger partial charge in [0, 0.05) is 19.4 Å². The van der Waals surface area contributed by atoms with Crippen molar-refractivity contribution in [3.05, 3.63) is 29.0 Å². The second-order valence-electron chi connectivity index (χ2n) is 5.51. The second kappa shape index (κ2) is 5.90. The molecule has 0 spiro atoms. The molecule has 2 aromatic rings. The highest BCUT2D eigenvalue weighted by atomic mass is 16.4. The van der Waals surface area contributed by atoms with E-state index in [-0.39, 0.29) is 11.9 Å². The van der Waals surface area contributed by atoms with Crippen LogP contribution in [0.3, 0.4) is 0 Å². The molecule has 0 bridgehead atoms. The summed E-state index contributed by atoms with van der Waals surface area (Å²) < 4.78 is 7.42. The Kier molecular flexibility index (Phi) is 3.96. The summed E-state index contributed by atoms with van der Waals surface area (Å²) in [5.41, 5.74) is 0.626. The van der Waals surface area contributed by atoms with Crippen LogP contribution in [0, 0.1) is 6.92 Å². The number of fused-ring (bicyclic) bond motifs is 1. The molecule has 1 aliphatic heterocycles. The number of oxazole rings is 1. The fourth-order valence-corrected chi connectivity index (χ4v) is 2.72. The fourth-order valence-electron chi connectivity index (χ4n) is 2.72. The fraction of sp³-hybridized carbons (Fsp3) is 0.600. The molecule has 2 aromatic heterocycles. The standard InChI is InChI=1S/C15H21N5O2/c1-4-11-18-14-10(7-6-8-20(14)19-11)17-15(21)13-9(3)16-12(5-2)22-13/h10H,4-8H2,1-3H3,(H,17,21). The Morgan fingerprint density at radius 3 is 2.86 bits per heavy atom. The van der Waals surface area contributed by atoms with Crippen molar-refractivity contribution >= 4 is 5.91 Å². The molecular formula is C15H21N5O2. The van der Waals surface area contributed by atoms with Gasteiger partial charge in [0.2, 0.25) is 5.76 Å². The van der Waals surface area contributed by atoms with Crippen molar-refractivity contribution in [1.82, 2.24) is 25.1 Å². The van der Waals surface area contributed by atoms with Crippen molar-refractivity contribution in [2.75, 3.05) is 0 Å². The molecule has 1 amide bonds. The van der Waals surface area contributed by atoms with Crippen LogP contribution in [-0.2, 0) is 19.4 Å². The van der Waals surface area contributed by atoms with Crippen LogP contribution in [0.4, 0.5) is 0 Å². The van der Waals surface area contributed by atoms with Crippen molar-refractivity contribution in [3.8, 4) is 0 Å². The lowest BCUT2D eigenvalue weighted by Gasteiger charge is -2.22. The average Bonchev–Trinajstić information content (AvgIpc) is 3.10. The smallest absolute Gasteiger partial charge is 0.289 e. The first-order valence-corrected chi connectivity index (χ1v) is 7.83. The number of carbonyl (C=O) groups excluding carboxylic acids is 1. The van der Waals surface area contributed by atoms with Gasteiger partial charge in [0.1, 0.15) is 5.82 Å². The van der Waals surface area contributed by atoms with Gasteiger partial charge in [0.25, 0.3) is 5.91 Å². The van der Waals surface area contributed by atoms with Crippen LogP contribution in [0.1, 0.15) is 66.5 Å². The summed E-state index contributed by atoms with van der Waals surface area (Å²) in [5, 5.41) is 7.46. The van der Waals surface area contributed by atoms with Gasteiger partial charge >= 0.3 is 0 Å². The molecule has 1 atom stereocenters. The minimum atomic E-state index is -0.232. The van der Waals surface area contributed by atoms with Gasteiger partial charge in [-0.05, 0) is 19.8 Å². The number of aromatic nitrogens is 4. The molecule has 3 rings (SSSR count). The van der Waals surface area contributed by atoms with Gasteiger partial charge in [-0.25, -0.2) is 14.6 Å². The summed E-state index contributed by atoms with van der Waals surface area (Å²) in [7, 11) is 0. The highest BCUT2D eigenvalue weighted by Gasteiger charge is 2.27. The minimum Gasteiger partial charge on any atom is -0.435 e. The van der Waals surface area contributed by atoms with Crippen molar-refractivity contribution in [2.45, 2.75) is 59.0 Å². The van der Waals surface area contributed by atoms with Crippen molar-refractivity contribution in [1.29, 1.82) is 0 Å². The van der Waals surface area contributed by atoms with Crippen LogP contribution < -0.4 is 5.32 Å². The van der Waals surface area contributed by atoms with Gasteiger partial charge in [-0.1, -0.05) is 13.8 Å². The molecule has 22 heavy (non-hydrogen) atoms. The zero-order chi connectivity index (χ0) is 15.7. The minimum absolute atomic E-state index is 0.122. The van der Waals surface area contributed by atoms with Crippen LogP contribution in [0.25, 0.3) is 0 Å². The molecule has 7 nitrogen and oxygen atoms in total. The van der Waals surface area contributed by atoms with Gasteiger partial charge < -0.3 is 9.73 Å². The topological polar surface area (TPSA) is 85.8 Å². The first-order chi connectivity index (χ1) is 10.6. The SMILES string of the molecule is CCc1nc2n(n1)CCCC2NC(=O)c1oc(CC)nc1C. The van der Waals surface area contributed by atoms with Crippen LogP contribution in [0.5, 0.6) is 0 Å². The maximum absolute atomic E-state index is 12.4. The van der Waals surface area contributed by atoms with E-state index in [4.69, 9.17) is 4.42 Å². The number of hydrogen-bond acceptors (Lipinski definition) is 5. The third-order valence-corrected chi connectivity index (χ3v) is 3.89. The second-order valence-corrected chi connectivity index (χ2v) is 5.51. The van der Waals surface area contributed by atoms with Crippen molar-refractivity contribution < 1.29 is 9.21 Å². The molecule has 0 aliphatic carbocycles. The summed E-state index contributed by atoms with van der Waals surface area (Å²) in [6.45, 7) is 6.62. The van der Waals surface area contributed by atoms with E-state index >= 15 is 0 Å². The summed E-state index contributed by atoms with van der Waals surface area (Å²) in [6.07, 6.45) is 3.30. The van der Waals surface area contributed by atoms with E-state index in [2.05, 4.69) is 20.4 Å². The van der Waals surface area contributed by atoms with Crippen molar-refractivity contribution in [3.63, 3.8) is 0 Å². The highest BCUT2D eigenvalue weighted by molar-refractivity contribution is 5.92. The quantitative estimate of drug-likeness (QED) is 0.933. The Morgan fingerprint density at radius 2 is 2.18 bits per heavy atom. The predicted octanol–water partition coefficient (Wildman–Crippen LogP) is 1.96. The Labute approximate surface area is 129 Å². The molecule has 1 N–H and O–H groups in total. The summed E-state index contributed by atoms with van der Waals surface area (Å²) in [4.78, 5) is 21.2. The molecule has 1 aliphatic rings. The Balaban J connectivity index is 1.80. The van der Waals surface area contributed by atoms with Crippen LogP contribution >= 0.6 is 0 Å². The van der Waals surface area contributed by atoms with Crippen LogP contribution in [0.2, 0.25) is 0 Å². The molecule has 0 fully saturated rings. The van der Waals surface area contributed by atoms with E-state index in [0.29, 0.717) is 23.8 Å². The van der Waals surface area contributed by atoms with E-state index < -0.39 is 0 Å². The summed E-state index contributed by atoms with van der Waals surface area (Å²) >= 11 is 0. The maximum Gasteiger partial charge on any atom is 0.289 e. The lowest BCUT2D eigenvalue weighted by atomic mass is 10.1. The van der Waals surface area contributed by atoms with Gasteiger partial charge in [0.15, 0.2) is 11.7 Å². The van der Waals surface area contributed by atoms with Gasteiger partial charge in [-0.15, -0.1) is 0 Å². The van der Waals surface area contributed by atoms with Gasteiger partial charge in [-0.3, -0.25) is 4.79 Å². The normalized spacial score (nSPS) is 17.3. The third kappa shape index (κ3) is 2.63. The van der Waals surface area contributed by atoms with Gasteiger partial charge in [0.05, 0.1) is 11.7 Å². The van der Waals surface area contributed by atoms with E-state index in [9.17, 15) is 4.79 Å². The number of aryl methyl sites for hydroxylation is 4. The Hall–Kier alpha value is -2.18. The summed E-state index contributed by atoms with van der Waals surface area (Å²) in [6, 6.07) is -0.122. The third-order valence-electron chi connectivity index (χ3n) is 3.89. The predicted molar refractivity (Wildman–Crippen MR) is 79.5 cm³/mol. The van der Waals surface area contributed by atoms with E-state index in [0.717, 1.165) is 37.5 Å². The van der Waals surface area contributed by atoms with E-state index in [1.54, 1.807) is 6.92 Å². The molecule has 118 valence electrons. The monoisotopic (exact) mass is 303 g/mol. The molecule has 7 heteroatoms.